The molecule has 1 saturated heterocycles. The highest BCUT2D eigenvalue weighted by Gasteiger charge is 2.34. The Balaban J connectivity index is 1.86. The maximum absolute atomic E-state index is 12.6. The number of benzene rings is 1. The molecule has 0 amide bonds. The predicted octanol–water partition coefficient (Wildman–Crippen LogP) is 1.05. The van der Waals surface area contributed by atoms with E-state index in [0.29, 0.717) is 18.0 Å². The molecule has 3 rings (SSSR count). The van der Waals surface area contributed by atoms with E-state index in [1.54, 1.807) is 19.1 Å². The molecule has 0 radical (unpaired) electrons. The fraction of sp³-hybridized carbons (Fsp3) is 0.571. The molecule has 0 aromatic heterocycles. The number of sulfonamides is 1. The van der Waals surface area contributed by atoms with Gasteiger partial charge in [0.1, 0.15) is 0 Å². The molecule has 0 spiro atoms. The number of hydrogen-bond acceptors (Lipinski definition) is 4. The summed E-state index contributed by atoms with van der Waals surface area (Å²) in [5, 5.41) is 12.8. The summed E-state index contributed by atoms with van der Waals surface area (Å²) in [6.45, 7) is 3.49. The van der Waals surface area contributed by atoms with Gasteiger partial charge in [0.15, 0.2) is 0 Å². The molecule has 0 bridgehead atoms. The fourth-order valence-corrected chi connectivity index (χ4v) is 4.48. The van der Waals surface area contributed by atoms with Gasteiger partial charge in [0, 0.05) is 25.3 Å². The van der Waals surface area contributed by atoms with Gasteiger partial charge in [-0.2, -0.15) is 4.31 Å². The zero-order chi connectivity index (χ0) is 14.3. The van der Waals surface area contributed by atoms with Crippen LogP contribution in [0.5, 0.6) is 0 Å². The Morgan fingerprint density at radius 2 is 2.25 bits per heavy atom. The van der Waals surface area contributed by atoms with Gasteiger partial charge in [-0.25, -0.2) is 8.42 Å². The first kappa shape index (κ1) is 13.9. The molecule has 2 atom stereocenters. The highest BCUT2D eigenvalue weighted by atomic mass is 32.2. The number of nitrogens with one attached hydrogen (secondary N) is 1. The average Bonchev–Trinajstić information content (AvgIpc) is 3.07. The van der Waals surface area contributed by atoms with E-state index in [4.69, 9.17) is 0 Å². The SMILES string of the molecule is CC(O)C1CCN(S(=O)(=O)c2ccc3c(c2)NCC3)C1. The normalized spacial score (nSPS) is 24.4. The first-order valence-corrected chi connectivity index (χ1v) is 8.47. The average molecular weight is 296 g/mol. The second-order valence-corrected chi connectivity index (χ2v) is 7.59. The zero-order valence-electron chi connectivity index (χ0n) is 11.5. The Morgan fingerprint density at radius 3 is 2.95 bits per heavy atom. The lowest BCUT2D eigenvalue weighted by Gasteiger charge is -2.18. The molecule has 2 heterocycles. The second kappa shape index (κ2) is 5.02. The Morgan fingerprint density at radius 1 is 1.45 bits per heavy atom. The third-order valence-corrected chi connectivity index (χ3v) is 6.16. The number of hydrogen-bond donors (Lipinski definition) is 2. The van der Waals surface area contributed by atoms with Crippen LogP contribution in [-0.4, -0.2) is 43.6 Å². The number of nitrogens with zero attached hydrogens (tertiary/aromatic N) is 1. The summed E-state index contributed by atoms with van der Waals surface area (Å²) in [5.41, 5.74) is 2.10. The van der Waals surface area contributed by atoms with Crippen molar-refractivity contribution in [3.8, 4) is 0 Å². The lowest BCUT2D eigenvalue weighted by atomic mass is 10.0. The van der Waals surface area contributed by atoms with Crippen LogP contribution in [0.15, 0.2) is 23.1 Å². The third-order valence-electron chi connectivity index (χ3n) is 4.30. The van der Waals surface area contributed by atoms with Crippen molar-refractivity contribution in [2.24, 2.45) is 5.92 Å². The van der Waals surface area contributed by atoms with E-state index in [0.717, 1.165) is 25.1 Å². The molecule has 0 aliphatic carbocycles. The molecule has 2 aliphatic rings. The van der Waals surface area contributed by atoms with Crippen LogP contribution >= 0.6 is 0 Å². The van der Waals surface area contributed by atoms with Crippen molar-refractivity contribution in [1.82, 2.24) is 4.31 Å². The quantitative estimate of drug-likeness (QED) is 0.874. The molecule has 1 aromatic carbocycles. The van der Waals surface area contributed by atoms with Crippen LogP contribution in [-0.2, 0) is 16.4 Å². The molecule has 6 heteroatoms. The molecule has 2 aliphatic heterocycles. The summed E-state index contributed by atoms with van der Waals surface area (Å²) in [4.78, 5) is 0.344. The topological polar surface area (TPSA) is 69.6 Å². The molecule has 2 unspecified atom stereocenters. The van der Waals surface area contributed by atoms with Crippen LogP contribution in [0.3, 0.4) is 0 Å². The van der Waals surface area contributed by atoms with Crippen molar-refractivity contribution in [3.05, 3.63) is 23.8 Å². The van der Waals surface area contributed by atoms with E-state index in [2.05, 4.69) is 5.32 Å². The first-order chi connectivity index (χ1) is 9.48. The van der Waals surface area contributed by atoms with Gasteiger partial charge in [0.05, 0.1) is 11.0 Å². The molecule has 0 saturated carbocycles. The number of aliphatic hydroxyl groups excluding tert-OH is 1. The molecule has 20 heavy (non-hydrogen) atoms. The monoisotopic (exact) mass is 296 g/mol. The van der Waals surface area contributed by atoms with E-state index in [9.17, 15) is 13.5 Å². The Bertz CT molecular complexity index is 613. The summed E-state index contributed by atoms with van der Waals surface area (Å²) >= 11 is 0. The number of rotatable bonds is 3. The third kappa shape index (κ3) is 2.32. The molecule has 5 nitrogen and oxygen atoms in total. The van der Waals surface area contributed by atoms with Gasteiger partial charge in [0.25, 0.3) is 0 Å². The predicted molar refractivity (Wildman–Crippen MR) is 77.2 cm³/mol. The molecular weight excluding hydrogens is 276 g/mol. The van der Waals surface area contributed by atoms with Crippen molar-refractivity contribution in [2.45, 2.75) is 30.8 Å². The van der Waals surface area contributed by atoms with Crippen LogP contribution < -0.4 is 5.32 Å². The smallest absolute Gasteiger partial charge is 0.243 e. The Hall–Kier alpha value is -1.11. The van der Waals surface area contributed by atoms with E-state index < -0.39 is 16.1 Å². The van der Waals surface area contributed by atoms with Crippen LogP contribution in [0.4, 0.5) is 5.69 Å². The molecule has 2 N–H and O–H groups in total. The summed E-state index contributed by atoms with van der Waals surface area (Å²) < 4.78 is 26.7. The van der Waals surface area contributed by atoms with Gasteiger partial charge < -0.3 is 10.4 Å². The van der Waals surface area contributed by atoms with Gasteiger partial charge in [-0.3, -0.25) is 0 Å². The van der Waals surface area contributed by atoms with Crippen LogP contribution in [0.1, 0.15) is 18.9 Å². The highest BCUT2D eigenvalue weighted by molar-refractivity contribution is 7.89. The molecule has 1 aromatic rings. The van der Waals surface area contributed by atoms with Gasteiger partial charge in [-0.1, -0.05) is 6.07 Å². The summed E-state index contributed by atoms with van der Waals surface area (Å²) in [5.74, 6) is 0.0392. The lowest BCUT2D eigenvalue weighted by molar-refractivity contribution is 0.133. The zero-order valence-corrected chi connectivity index (χ0v) is 12.4. The van der Waals surface area contributed by atoms with Gasteiger partial charge >= 0.3 is 0 Å². The van der Waals surface area contributed by atoms with E-state index in [1.807, 2.05) is 6.07 Å². The summed E-state index contributed by atoms with van der Waals surface area (Å²) in [6.07, 6.45) is 1.21. The van der Waals surface area contributed by atoms with E-state index in [1.165, 1.54) is 9.87 Å². The molecule has 1 fully saturated rings. The van der Waals surface area contributed by atoms with Gasteiger partial charge in [0.2, 0.25) is 10.0 Å². The lowest BCUT2D eigenvalue weighted by Crippen LogP contribution is -2.30. The summed E-state index contributed by atoms with van der Waals surface area (Å²) in [7, 11) is -3.44. The van der Waals surface area contributed by atoms with Crippen molar-refractivity contribution < 1.29 is 13.5 Å². The van der Waals surface area contributed by atoms with Crippen LogP contribution in [0, 0.1) is 5.92 Å². The highest BCUT2D eigenvalue weighted by Crippen LogP contribution is 2.30. The van der Waals surface area contributed by atoms with Gasteiger partial charge in [-0.05, 0) is 43.4 Å². The van der Waals surface area contributed by atoms with Crippen molar-refractivity contribution in [3.63, 3.8) is 0 Å². The largest absolute Gasteiger partial charge is 0.393 e. The maximum Gasteiger partial charge on any atom is 0.243 e. The molecular formula is C14H20N2O3S. The van der Waals surface area contributed by atoms with Crippen LogP contribution in [0.25, 0.3) is 0 Å². The summed E-state index contributed by atoms with van der Waals surface area (Å²) in [6, 6.07) is 5.31. The van der Waals surface area contributed by atoms with Crippen molar-refractivity contribution >= 4 is 15.7 Å². The second-order valence-electron chi connectivity index (χ2n) is 5.65. The number of anilines is 1. The minimum atomic E-state index is -3.44. The number of fused-ring (bicyclic) bond motifs is 1. The minimum Gasteiger partial charge on any atom is -0.393 e. The van der Waals surface area contributed by atoms with Crippen molar-refractivity contribution in [2.75, 3.05) is 25.0 Å². The maximum atomic E-state index is 12.6. The van der Waals surface area contributed by atoms with E-state index in [-0.39, 0.29) is 5.92 Å². The molecule has 110 valence electrons. The first-order valence-electron chi connectivity index (χ1n) is 7.03. The fourth-order valence-electron chi connectivity index (χ4n) is 2.95. The van der Waals surface area contributed by atoms with Crippen LogP contribution in [0.2, 0.25) is 0 Å². The number of aliphatic hydroxyl groups is 1. The standard InChI is InChI=1S/C14H20N2O3S/c1-10(17)12-5-7-16(9-12)20(18,19)13-3-2-11-4-6-15-14(11)8-13/h2-3,8,10,12,15,17H,4-7,9H2,1H3. The van der Waals surface area contributed by atoms with Gasteiger partial charge in [-0.15, -0.1) is 0 Å². The minimum absolute atomic E-state index is 0.0392. The Kier molecular flexibility index (Phi) is 3.48. The van der Waals surface area contributed by atoms with E-state index >= 15 is 0 Å². The van der Waals surface area contributed by atoms with Crippen molar-refractivity contribution in [1.29, 1.82) is 0 Å². The Labute approximate surface area is 119 Å².